The quantitative estimate of drug-likeness (QED) is 0.601. The van der Waals surface area contributed by atoms with Gasteiger partial charge in [0.25, 0.3) is 0 Å². The molecule has 2 aliphatic rings. The molecule has 0 fully saturated rings. The molecule has 99 valence electrons. The topological polar surface area (TPSA) is 33.4 Å². The van der Waals surface area contributed by atoms with E-state index >= 15 is 0 Å². The van der Waals surface area contributed by atoms with Gasteiger partial charge in [-0.25, -0.2) is 24.3 Å². The zero-order valence-corrected chi connectivity index (χ0v) is 12.9. The number of hydrogen-bond acceptors (Lipinski definition) is 2. The molecule has 1 aromatic heterocycles. The van der Waals surface area contributed by atoms with Crippen LogP contribution in [-0.4, -0.2) is 5.11 Å². The van der Waals surface area contributed by atoms with Gasteiger partial charge in [-0.2, -0.15) is 12.2 Å². The third-order valence-electron chi connectivity index (χ3n) is 1.91. The predicted molar refractivity (Wildman–Crippen MR) is 67.8 cm³/mol. The summed E-state index contributed by atoms with van der Waals surface area (Å²) in [6, 6.07) is 3.46. The number of halogens is 1. The van der Waals surface area contributed by atoms with Gasteiger partial charge in [0.15, 0.2) is 0 Å². The molecule has 0 saturated carbocycles. The first-order chi connectivity index (χ1) is 8.43. The summed E-state index contributed by atoms with van der Waals surface area (Å²) in [5.74, 6) is 0.611. The van der Waals surface area contributed by atoms with Crippen molar-refractivity contribution in [1.29, 1.82) is 0 Å². The smallest absolute Gasteiger partial charge is 1.00 e. The summed E-state index contributed by atoms with van der Waals surface area (Å²) in [6.45, 7) is -0.00694. The van der Waals surface area contributed by atoms with E-state index in [1.165, 1.54) is 6.26 Å². The van der Waals surface area contributed by atoms with E-state index in [2.05, 4.69) is 24.3 Å². The maximum Gasteiger partial charge on any atom is 3.00 e. The Morgan fingerprint density at radius 3 is 1.84 bits per heavy atom. The number of furan rings is 1. The summed E-state index contributed by atoms with van der Waals surface area (Å²) < 4.78 is 4.73. The van der Waals surface area contributed by atoms with Gasteiger partial charge in [-0.1, -0.05) is 0 Å². The van der Waals surface area contributed by atoms with Crippen LogP contribution in [0.1, 0.15) is 18.6 Å². The van der Waals surface area contributed by atoms with Gasteiger partial charge in [0, 0.05) is 0 Å². The third kappa shape index (κ3) is 12.0. The van der Waals surface area contributed by atoms with Crippen LogP contribution in [0, 0.1) is 12.2 Å². The standard InChI is InChI=1S/C5H6O2.2C5H5.ClH.Ti/c6-4-5-2-1-3-7-5;2*1-2-4-5-3-1;;/h1-3,6H,4H2;2*1-3H,4H2;1H;/q;2*-1;;+3/p-1. The van der Waals surface area contributed by atoms with Crippen LogP contribution in [0.25, 0.3) is 0 Å². The first kappa shape index (κ1) is 20.5. The Morgan fingerprint density at radius 1 is 1.11 bits per heavy atom. The molecule has 2 nitrogen and oxygen atoms in total. The average Bonchev–Trinajstić information content (AvgIpc) is 3.13. The van der Waals surface area contributed by atoms with E-state index in [1.54, 1.807) is 12.1 Å². The van der Waals surface area contributed by atoms with Gasteiger partial charge in [-0.15, -0.1) is 12.8 Å². The fraction of sp³-hybridized carbons (Fsp3) is 0.200. The molecule has 0 spiro atoms. The van der Waals surface area contributed by atoms with E-state index in [4.69, 9.17) is 9.52 Å². The summed E-state index contributed by atoms with van der Waals surface area (Å²) in [7, 11) is 0. The van der Waals surface area contributed by atoms with Crippen LogP contribution >= 0.6 is 0 Å². The van der Waals surface area contributed by atoms with Crippen molar-refractivity contribution in [2.24, 2.45) is 0 Å². The van der Waals surface area contributed by atoms with Gasteiger partial charge < -0.3 is 21.9 Å². The van der Waals surface area contributed by atoms with E-state index in [9.17, 15) is 0 Å². The van der Waals surface area contributed by atoms with E-state index in [0.717, 1.165) is 12.8 Å². The number of rotatable bonds is 1. The second-order valence-corrected chi connectivity index (χ2v) is 3.24. The average molecular weight is 312 g/mol. The van der Waals surface area contributed by atoms with Crippen molar-refractivity contribution in [2.45, 2.75) is 19.4 Å². The monoisotopic (exact) mass is 311 g/mol. The molecule has 0 saturated heterocycles. The molecule has 4 heteroatoms. The van der Waals surface area contributed by atoms with Crippen LogP contribution in [0.15, 0.2) is 59.3 Å². The second-order valence-electron chi connectivity index (χ2n) is 3.24. The minimum atomic E-state index is -0.00694. The maximum atomic E-state index is 8.33. The molecule has 19 heavy (non-hydrogen) atoms. The summed E-state index contributed by atoms with van der Waals surface area (Å²) in [5.41, 5.74) is 0. The van der Waals surface area contributed by atoms with Crippen molar-refractivity contribution >= 4 is 0 Å². The van der Waals surface area contributed by atoms with Crippen molar-refractivity contribution in [3.63, 3.8) is 0 Å². The molecule has 3 rings (SSSR count). The number of hydrogen-bond donors (Lipinski definition) is 1. The molecule has 1 heterocycles. The molecule has 0 atom stereocenters. The molecule has 0 bridgehead atoms. The molecule has 0 amide bonds. The van der Waals surface area contributed by atoms with E-state index in [-0.39, 0.29) is 40.7 Å². The van der Waals surface area contributed by atoms with E-state index in [0.29, 0.717) is 5.76 Å². The Labute approximate surface area is 135 Å². The fourth-order valence-electron chi connectivity index (χ4n) is 1.08. The number of allylic oxidation sites excluding steroid dienone is 8. The second kappa shape index (κ2) is 15.3. The van der Waals surface area contributed by atoms with Gasteiger partial charge in [0.05, 0.1) is 6.26 Å². The Morgan fingerprint density at radius 2 is 1.68 bits per heavy atom. The normalized spacial score (nSPS) is 12.7. The summed E-state index contributed by atoms with van der Waals surface area (Å²) in [6.07, 6.45) is 21.5. The van der Waals surface area contributed by atoms with Crippen molar-refractivity contribution in [3.05, 3.63) is 72.8 Å². The maximum absolute atomic E-state index is 8.33. The van der Waals surface area contributed by atoms with Crippen molar-refractivity contribution in [3.8, 4) is 0 Å². The van der Waals surface area contributed by atoms with Crippen molar-refractivity contribution in [2.75, 3.05) is 0 Å². The minimum Gasteiger partial charge on any atom is -1.00 e. The van der Waals surface area contributed by atoms with Gasteiger partial charge in [0.2, 0.25) is 0 Å². The van der Waals surface area contributed by atoms with Crippen LogP contribution in [0.4, 0.5) is 0 Å². The van der Waals surface area contributed by atoms with Crippen molar-refractivity contribution in [1.82, 2.24) is 0 Å². The molecule has 1 aromatic rings. The molecule has 0 unspecified atom stereocenters. The molecule has 1 N–H and O–H groups in total. The summed E-state index contributed by atoms with van der Waals surface area (Å²) in [5, 5.41) is 8.33. The first-order valence-electron chi connectivity index (χ1n) is 5.50. The number of aliphatic hydroxyl groups is 1. The summed E-state index contributed by atoms with van der Waals surface area (Å²) >= 11 is 0. The Kier molecular flexibility index (Phi) is 16.5. The zero-order chi connectivity index (χ0) is 12.2. The predicted octanol–water partition coefficient (Wildman–Crippen LogP) is 0.385. The first-order valence-corrected chi connectivity index (χ1v) is 5.50. The van der Waals surface area contributed by atoms with Crippen LogP contribution in [0.3, 0.4) is 0 Å². The minimum absolute atomic E-state index is 0. The molecule has 2 aliphatic carbocycles. The SMILES string of the molecule is OCc1ccco1.[C-]1=CC=CC1.[C-]1=CC=CC1.[Cl-].[Ti+3]. The van der Waals surface area contributed by atoms with Gasteiger partial charge in [0.1, 0.15) is 12.4 Å². The van der Waals surface area contributed by atoms with E-state index < -0.39 is 0 Å². The van der Waals surface area contributed by atoms with Crippen molar-refractivity contribution < 1.29 is 43.6 Å². The summed E-state index contributed by atoms with van der Waals surface area (Å²) in [4.78, 5) is 0. The van der Waals surface area contributed by atoms with Crippen LogP contribution in [0.2, 0.25) is 0 Å². The third-order valence-corrected chi connectivity index (χ3v) is 1.91. The largest absolute Gasteiger partial charge is 3.00 e. The zero-order valence-electron chi connectivity index (χ0n) is 10.6. The van der Waals surface area contributed by atoms with Crippen LogP contribution < -0.4 is 12.4 Å². The molecular formula is C15H16ClO2Ti. The molecule has 1 radical (unpaired) electrons. The molecule has 0 aliphatic heterocycles. The van der Waals surface area contributed by atoms with Gasteiger partial charge in [-0.05, 0) is 12.1 Å². The van der Waals surface area contributed by atoms with E-state index in [1.807, 2.05) is 24.3 Å². The molecule has 0 aromatic carbocycles. The Bertz CT molecular complexity index is 350. The Balaban J connectivity index is 0. The van der Waals surface area contributed by atoms with Gasteiger partial charge >= 0.3 is 21.7 Å². The van der Waals surface area contributed by atoms with Crippen LogP contribution in [0.5, 0.6) is 0 Å². The number of aliphatic hydroxyl groups excluding tert-OH is 1. The molecular weight excluding hydrogens is 295 g/mol. The fourth-order valence-corrected chi connectivity index (χ4v) is 1.08. The van der Waals surface area contributed by atoms with Crippen LogP contribution in [-0.2, 0) is 28.3 Å². The van der Waals surface area contributed by atoms with Gasteiger partial charge in [-0.3, -0.25) is 12.2 Å². The Hall–Kier alpha value is -0.796.